The van der Waals surface area contributed by atoms with Crippen molar-refractivity contribution < 1.29 is 18.0 Å². The van der Waals surface area contributed by atoms with Gasteiger partial charge in [0.05, 0.1) is 28.7 Å². The van der Waals surface area contributed by atoms with Gasteiger partial charge < -0.3 is 4.90 Å². The number of alkyl halides is 3. The van der Waals surface area contributed by atoms with E-state index in [1.165, 1.54) is 12.1 Å². The first-order valence-corrected chi connectivity index (χ1v) is 9.87. The lowest BCUT2D eigenvalue weighted by Gasteiger charge is -2.36. The second-order valence-corrected chi connectivity index (χ2v) is 8.00. The molecule has 5 nitrogen and oxygen atoms in total. The molecule has 0 aliphatic carbocycles. The van der Waals surface area contributed by atoms with Crippen LogP contribution in [0.5, 0.6) is 0 Å². The number of rotatable bonds is 5. The minimum Gasteiger partial charge on any atom is -0.340 e. The fourth-order valence-corrected chi connectivity index (χ4v) is 3.67. The molecule has 1 aromatic heterocycles. The van der Waals surface area contributed by atoms with Gasteiger partial charge in [-0.3, -0.25) is 14.4 Å². The maximum atomic E-state index is 12.9. The van der Waals surface area contributed by atoms with Gasteiger partial charge in [0.25, 0.3) is 0 Å². The fraction of sp³-hybridized carbons (Fsp3) is 0.474. The van der Waals surface area contributed by atoms with Crippen LogP contribution in [-0.2, 0) is 24.1 Å². The van der Waals surface area contributed by atoms with Gasteiger partial charge >= 0.3 is 6.18 Å². The summed E-state index contributed by atoms with van der Waals surface area (Å²) in [7, 11) is 0. The molecular formula is C19H22BrF3N4O. The number of halogens is 4. The molecule has 28 heavy (non-hydrogen) atoms. The van der Waals surface area contributed by atoms with Crippen LogP contribution in [0.1, 0.15) is 18.1 Å². The van der Waals surface area contributed by atoms with Crippen LogP contribution in [0.15, 0.2) is 41.1 Å². The van der Waals surface area contributed by atoms with Gasteiger partial charge in [-0.1, -0.05) is 25.1 Å². The molecule has 1 unspecified atom stereocenters. The predicted octanol–water partition coefficient (Wildman–Crippen LogP) is 3.64. The Hall–Kier alpha value is -1.87. The van der Waals surface area contributed by atoms with Crippen molar-refractivity contribution in [3.05, 3.63) is 52.3 Å². The van der Waals surface area contributed by atoms with E-state index < -0.39 is 11.7 Å². The van der Waals surface area contributed by atoms with E-state index in [2.05, 4.69) is 25.9 Å². The Kier molecular flexibility index (Phi) is 6.44. The second kappa shape index (κ2) is 8.65. The van der Waals surface area contributed by atoms with Crippen molar-refractivity contribution in [2.24, 2.45) is 5.92 Å². The molecule has 1 fully saturated rings. The van der Waals surface area contributed by atoms with Crippen molar-refractivity contribution in [2.45, 2.75) is 26.2 Å². The highest BCUT2D eigenvalue weighted by molar-refractivity contribution is 9.10. The average molecular weight is 459 g/mol. The van der Waals surface area contributed by atoms with Gasteiger partial charge in [0.15, 0.2) is 0 Å². The topological polar surface area (TPSA) is 41.4 Å². The molecule has 1 aliphatic heterocycles. The van der Waals surface area contributed by atoms with Crippen molar-refractivity contribution in [1.82, 2.24) is 19.6 Å². The van der Waals surface area contributed by atoms with E-state index in [4.69, 9.17) is 0 Å². The zero-order valence-electron chi connectivity index (χ0n) is 15.5. The van der Waals surface area contributed by atoms with Crippen LogP contribution < -0.4 is 0 Å². The van der Waals surface area contributed by atoms with Crippen molar-refractivity contribution in [3.8, 4) is 0 Å². The second-order valence-electron chi connectivity index (χ2n) is 7.08. The van der Waals surface area contributed by atoms with E-state index >= 15 is 0 Å². The number of nitrogens with zero attached hydrogens (tertiary/aromatic N) is 4. The highest BCUT2D eigenvalue weighted by Crippen LogP contribution is 2.29. The van der Waals surface area contributed by atoms with E-state index in [1.54, 1.807) is 16.9 Å². The molecule has 1 atom stereocenters. The lowest BCUT2D eigenvalue weighted by molar-refractivity contribution is -0.138. The minimum atomic E-state index is -4.33. The summed E-state index contributed by atoms with van der Waals surface area (Å²) in [6.45, 7) is 5.27. The number of piperazine rings is 1. The first-order valence-electron chi connectivity index (χ1n) is 9.07. The first kappa shape index (κ1) is 20.9. The van der Waals surface area contributed by atoms with E-state index in [1.807, 2.05) is 18.0 Å². The molecule has 0 saturated carbocycles. The zero-order chi connectivity index (χ0) is 20.3. The first-order chi connectivity index (χ1) is 13.2. The third-order valence-electron chi connectivity index (χ3n) is 4.83. The predicted molar refractivity (Wildman–Crippen MR) is 102 cm³/mol. The van der Waals surface area contributed by atoms with Crippen LogP contribution in [0.2, 0.25) is 0 Å². The summed E-state index contributed by atoms with van der Waals surface area (Å²) in [6.07, 6.45) is -0.818. The van der Waals surface area contributed by atoms with Gasteiger partial charge in [-0.15, -0.1) is 0 Å². The quantitative estimate of drug-likeness (QED) is 0.686. The molecule has 0 bridgehead atoms. The summed E-state index contributed by atoms with van der Waals surface area (Å²) in [5, 5.41) is 4.18. The normalized spacial score (nSPS) is 17.0. The van der Waals surface area contributed by atoms with Crippen molar-refractivity contribution in [2.75, 3.05) is 26.2 Å². The van der Waals surface area contributed by atoms with Gasteiger partial charge in [0.2, 0.25) is 5.91 Å². The monoisotopic (exact) mass is 458 g/mol. The molecule has 0 N–H and O–H groups in total. The van der Waals surface area contributed by atoms with Crippen LogP contribution in [0.4, 0.5) is 13.2 Å². The molecule has 3 rings (SSSR count). The summed E-state index contributed by atoms with van der Waals surface area (Å²) >= 11 is 3.34. The van der Waals surface area contributed by atoms with Gasteiger partial charge in [-0.2, -0.15) is 18.3 Å². The van der Waals surface area contributed by atoms with Crippen LogP contribution in [0.3, 0.4) is 0 Å². The van der Waals surface area contributed by atoms with E-state index in [-0.39, 0.29) is 11.8 Å². The number of aromatic nitrogens is 2. The summed E-state index contributed by atoms with van der Waals surface area (Å²) in [5.74, 6) is -0.118. The number of amides is 1. The van der Waals surface area contributed by atoms with Gasteiger partial charge in [0, 0.05) is 38.9 Å². The lowest BCUT2D eigenvalue weighted by Crippen LogP contribution is -2.50. The fourth-order valence-electron chi connectivity index (χ4n) is 3.34. The number of carbonyl (C=O) groups excluding carboxylic acids is 1. The van der Waals surface area contributed by atoms with Gasteiger partial charge in [-0.25, -0.2) is 0 Å². The summed E-state index contributed by atoms with van der Waals surface area (Å²) < 4.78 is 41.2. The minimum absolute atomic E-state index is 0.0744. The van der Waals surface area contributed by atoms with Gasteiger partial charge in [-0.05, 0) is 27.6 Å². The SMILES string of the molecule is CC(Cn1cc(Br)cn1)C(=O)N1CCN(Cc2cccc(C(F)(F)F)c2)CC1. The highest BCUT2D eigenvalue weighted by Gasteiger charge is 2.31. The van der Waals surface area contributed by atoms with E-state index in [9.17, 15) is 18.0 Å². The van der Waals surface area contributed by atoms with Crippen molar-refractivity contribution in [1.29, 1.82) is 0 Å². The maximum Gasteiger partial charge on any atom is 0.416 e. The lowest BCUT2D eigenvalue weighted by atomic mass is 10.1. The van der Waals surface area contributed by atoms with Crippen molar-refractivity contribution in [3.63, 3.8) is 0 Å². The van der Waals surface area contributed by atoms with Crippen LogP contribution in [-0.4, -0.2) is 51.7 Å². The Bertz CT molecular complexity index is 816. The van der Waals surface area contributed by atoms with Crippen LogP contribution in [0, 0.1) is 5.92 Å². The molecule has 9 heteroatoms. The Morgan fingerprint density at radius 3 is 2.57 bits per heavy atom. The largest absolute Gasteiger partial charge is 0.416 e. The molecule has 2 aromatic rings. The Balaban J connectivity index is 1.51. The van der Waals surface area contributed by atoms with Crippen molar-refractivity contribution >= 4 is 21.8 Å². The molecule has 2 heterocycles. The number of carbonyl (C=O) groups is 1. The molecule has 1 aromatic carbocycles. The molecule has 0 radical (unpaired) electrons. The highest BCUT2D eigenvalue weighted by atomic mass is 79.9. The van der Waals surface area contributed by atoms with E-state index in [0.29, 0.717) is 44.8 Å². The molecule has 1 amide bonds. The summed E-state index contributed by atoms with van der Waals surface area (Å²) in [5.41, 5.74) is 0.00475. The maximum absolute atomic E-state index is 12.9. The van der Waals surface area contributed by atoms with E-state index in [0.717, 1.165) is 10.5 Å². The number of hydrogen-bond donors (Lipinski definition) is 0. The Morgan fingerprint density at radius 2 is 1.96 bits per heavy atom. The van der Waals surface area contributed by atoms with Gasteiger partial charge in [0.1, 0.15) is 0 Å². The standard InChI is InChI=1S/C19H22BrF3N4O/c1-14(11-27-13-17(20)10-24-27)18(28)26-7-5-25(6-8-26)12-15-3-2-4-16(9-15)19(21,22)23/h2-4,9-10,13-14H,5-8,11-12H2,1H3. The molecular weight excluding hydrogens is 437 g/mol. The Labute approximate surface area is 170 Å². The summed E-state index contributed by atoms with van der Waals surface area (Å²) in [4.78, 5) is 16.6. The average Bonchev–Trinajstić information content (AvgIpc) is 3.06. The third-order valence-corrected chi connectivity index (χ3v) is 5.24. The third kappa shape index (κ3) is 5.35. The van der Waals surface area contributed by atoms with Crippen LogP contribution in [0.25, 0.3) is 0 Å². The van der Waals surface area contributed by atoms with Crippen LogP contribution >= 0.6 is 15.9 Å². The number of hydrogen-bond acceptors (Lipinski definition) is 3. The molecule has 0 spiro atoms. The summed E-state index contributed by atoms with van der Waals surface area (Å²) in [6, 6.07) is 5.42. The molecule has 1 saturated heterocycles. The number of benzene rings is 1. The zero-order valence-corrected chi connectivity index (χ0v) is 17.1. The molecule has 1 aliphatic rings. The smallest absolute Gasteiger partial charge is 0.340 e. The Morgan fingerprint density at radius 1 is 1.25 bits per heavy atom. The molecule has 152 valence electrons.